The van der Waals surface area contributed by atoms with Crippen molar-refractivity contribution < 1.29 is 19.5 Å². The summed E-state index contributed by atoms with van der Waals surface area (Å²) in [6, 6.07) is 12.1. The van der Waals surface area contributed by atoms with Crippen LogP contribution in [0.4, 0.5) is 4.79 Å². The van der Waals surface area contributed by atoms with Crippen molar-refractivity contribution in [2.24, 2.45) is 0 Å². The maximum absolute atomic E-state index is 11.9. The highest BCUT2D eigenvalue weighted by atomic mass is 127. The first-order valence-corrected chi connectivity index (χ1v) is 8.20. The van der Waals surface area contributed by atoms with E-state index in [0.717, 1.165) is 5.56 Å². The SMILES string of the molecule is O=C(NCCc1ccc(O)cc1)NC(=O)c1ccc(C(=O)I)cc1. The normalized spacial score (nSPS) is 10.0. The highest BCUT2D eigenvalue weighted by Gasteiger charge is 2.10. The van der Waals surface area contributed by atoms with E-state index in [9.17, 15) is 19.5 Å². The summed E-state index contributed by atoms with van der Waals surface area (Å²) in [5.74, 6) is -0.352. The zero-order valence-corrected chi connectivity index (χ0v) is 14.7. The number of hydrogen-bond acceptors (Lipinski definition) is 4. The molecule has 6 nitrogen and oxygen atoms in total. The van der Waals surface area contributed by atoms with Crippen LogP contribution in [0.1, 0.15) is 26.3 Å². The van der Waals surface area contributed by atoms with Crippen LogP contribution in [0.2, 0.25) is 0 Å². The van der Waals surface area contributed by atoms with E-state index in [1.807, 2.05) is 0 Å². The Hall–Kier alpha value is -2.42. The van der Waals surface area contributed by atoms with Crippen molar-refractivity contribution in [2.75, 3.05) is 6.54 Å². The van der Waals surface area contributed by atoms with Crippen molar-refractivity contribution in [1.82, 2.24) is 10.6 Å². The molecule has 0 aliphatic rings. The zero-order chi connectivity index (χ0) is 17.5. The van der Waals surface area contributed by atoms with E-state index in [1.165, 1.54) is 24.3 Å². The molecule has 0 saturated heterocycles. The van der Waals surface area contributed by atoms with Crippen LogP contribution in [-0.2, 0) is 6.42 Å². The van der Waals surface area contributed by atoms with Crippen LogP contribution in [-0.4, -0.2) is 27.4 Å². The fourth-order valence-electron chi connectivity index (χ4n) is 1.96. The molecule has 0 aliphatic carbocycles. The Balaban J connectivity index is 1.79. The number of phenolic OH excluding ortho intramolecular Hbond substituents is 1. The maximum atomic E-state index is 11.9. The molecule has 24 heavy (non-hydrogen) atoms. The lowest BCUT2D eigenvalue weighted by molar-refractivity contribution is 0.0963. The van der Waals surface area contributed by atoms with E-state index in [2.05, 4.69) is 10.6 Å². The first kappa shape index (κ1) is 17.9. The van der Waals surface area contributed by atoms with Gasteiger partial charge in [-0.15, -0.1) is 0 Å². The lowest BCUT2D eigenvalue weighted by atomic mass is 10.1. The number of phenols is 1. The fraction of sp³-hybridized carbons (Fsp3) is 0.118. The third-order valence-electron chi connectivity index (χ3n) is 3.24. The van der Waals surface area contributed by atoms with E-state index >= 15 is 0 Å². The van der Waals surface area contributed by atoms with Crippen LogP contribution in [0.25, 0.3) is 0 Å². The Labute approximate surface area is 152 Å². The van der Waals surface area contributed by atoms with Gasteiger partial charge in [0.2, 0.25) is 3.79 Å². The molecule has 0 aliphatic heterocycles. The molecule has 0 saturated carbocycles. The predicted octanol–water partition coefficient (Wildman–Crippen LogP) is 2.65. The number of amides is 3. The minimum Gasteiger partial charge on any atom is -0.508 e. The third-order valence-corrected chi connectivity index (χ3v) is 3.86. The first-order chi connectivity index (χ1) is 11.5. The molecule has 2 rings (SSSR count). The molecule has 0 fully saturated rings. The lowest BCUT2D eigenvalue weighted by Gasteiger charge is -2.07. The Kier molecular flexibility index (Phi) is 6.30. The number of halogens is 1. The number of carbonyl (C=O) groups is 3. The zero-order valence-electron chi connectivity index (χ0n) is 12.6. The molecular weight excluding hydrogens is 423 g/mol. The van der Waals surface area contributed by atoms with Gasteiger partial charge < -0.3 is 10.4 Å². The summed E-state index contributed by atoms with van der Waals surface area (Å²) in [4.78, 5) is 34.8. The first-order valence-electron chi connectivity index (χ1n) is 7.12. The van der Waals surface area contributed by atoms with Crippen LogP contribution in [0, 0.1) is 0 Å². The highest BCUT2D eigenvalue weighted by molar-refractivity contribution is 14.1. The molecule has 124 valence electrons. The quantitative estimate of drug-likeness (QED) is 0.494. The fourth-order valence-corrected chi connectivity index (χ4v) is 2.31. The van der Waals surface area contributed by atoms with Gasteiger partial charge in [-0.05, 0) is 48.4 Å². The number of benzene rings is 2. The summed E-state index contributed by atoms with van der Waals surface area (Å²) in [6.07, 6.45) is 0.578. The number of carbonyl (C=O) groups excluding carboxylic acids is 3. The summed E-state index contributed by atoms with van der Waals surface area (Å²) in [5, 5.41) is 14.0. The molecule has 0 unspecified atom stereocenters. The molecule has 0 bridgehead atoms. The predicted molar refractivity (Wildman–Crippen MR) is 97.5 cm³/mol. The van der Waals surface area contributed by atoms with Crippen molar-refractivity contribution in [1.29, 1.82) is 0 Å². The molecule has 3 N–H and O–H groups in total. The molecular formula is C17H15IN2O4. The van der Waals surface area contributed by atoms with E-state index in [0.29, 0.717) is 24.1 Å². The Morgan fingerprint density at radius 2 is 1.50 bits per heavy atom. The molecule has 0 atom stereocenters. The van der Waals surface area contributed by atoms with Gasteiger partial charge in [0, 0.05) is 40.3 Å². The highest BCUT2D eigenvalue weighted by Crippen LogP contribution is 2.10. The molecule has 0 heterocycles. The van der Waals surface area contributed by atoms with Gasteiger partial charge in [-0.2, -0.15) is 0 Å². The summed E-state index contributed by atoms with van der Waals surface area (Å²) >= 11 is 1.66. The molecule has 2 aromatic carbocycles. The van der Waals surface area contributed by atoms with E-state index in [4.69, 9.17) is 0 Å². The molecule has 3 amide bonds. The number of aromatic hydroxyl groups is 1. The topological polar surface area (TPSA) is 95.5 Å². The van der Waals surface area contributed by atoms with Crippen LogP contribution in [0.3, 0.4) is 0 Å². The third kappa shape index (κ3) is 5.34. The van der Waals surface area contributed by atoms with Crippen molar-refractivity contribution in [3.05, 3.63) is 65.2 Å². The van der Waals surface area contributed by atoms with Gasteiger partial charge in [-0.25, -0.2) is 4.79 Å². The van der Waals surface area contributed by atoms with Crippen LogP contribution < -0.4 is 10.6 Å². The van der Waals surface area contributed by atoms with Gasteiger partial charge >= 0.3 is 6.03 Å². The average molecular weight is 438 g/mol. The summed E-state index contributed by atoms with van der Waals surface area (Å²) in [6.45, 7) is 0.353. The van der Waals surface area contributed by atoms with Gasteiger partial charge in [0.25, 0.3) is 5.91 Å². The average Bonchev–Trinajstić information content (AvgIpc) is 2.56. The van der Waals surface area contributed by atoms with Crippen LogP contribution in [0.15, 0.2) is 48.5 Å². The number of urea groups is 1. The van der Waals surface area contributed by atoms with Crippen molar-refractivity contribution >= 4 is 38.3 Å². The summed E-state index contributed by atoms with van der Waals surface area (Å²) in [5.41, 5.74) is 1.74. The second kappa shape index (κ2) is 8.44. The monoisotopic (exact) mass is 438 g/mol. The smallest absolute Gasteiger partial charge is 0.321 e. The molecule has 0 radical (unpaired) electrons. The molecule has 0 spiro atoms. The summed E-state index contributed by atoms with van der Waals surface area (Å²) < 4.78 is -0.119. The van der Waals surface area contributed by atoms with Crippen molar-refractivity contribution in [3.63, 3.8) is 0 Å². The number of imide groups is 1. The lowest BCUT2D eigenvalue weighted by Crippen LogP contribution is -2.40. The second-order valence-corrected chi connectivity index (χ2v) is 5.96. The minimum atomic E-state index is -0.590. The van der Waals surface area contributed by atoms with Gasteiger partial charge in [0.15, 0.2) is 0 Å². The largest absolute Gasteiger partial charge is 0.508 e. The molecule has 7 heteroatoms. The van der Waals surface area contributed by atoms with Gasteiger partial charge in [-0.1, -0.05) is 12.1 Å². The van der Waals surface area contributed by atoms with Crippen molar-refractivity contribution in [3.8, 4) is 5.75 Å². The van der Waals surface area contributed by atoms with E-state index < -0.39 is 11.9 Å². The Morgan fingerprint density at radius 1 is 0.917 bits per heavy atom. The molecule has 2 aromatic rings. The standard InChI is InChI=1S/C17H15IN2O4/c18-15(22)12-3-5-13(6-4-12)16(23)20-17(24)19-10-9-11-1-7-14(21)8-2-11/h1-8,21H,9-10H2,(H2,19,20,23,24). The molecule has 0 aromatic heterocycles. The second-order valence-electron chi connectivity index (χ2n) is 4.98. The minimum absolute atomic E-state index is 0.119. The van der Waals surface area contributed by atoms with Crippen molar-refractivity contribution in [2.45, 2.75) is 6.42 Å². The van der Waals surface area contributed by atoms with E-state index in [-0.39, 0.29) is 9.54 Å². The van der Waals surface area contributed by atoms with Gasteiger partial charge in [0.1, 0.15) is 5.75 Å². The number of rotatable bonds is 5. The van der Waals surface area contributed by atoms with Crippen LogP contribution in [0.5, 0.6) is 5.75 Å². The van der Waals surface area contributed by atoms with Gasteiger partial charge in [0.05, 0.1) is 0 Å². The van der Waals surface area contributed by atoms with Crippen LogP contribution >= 0.6 is 22.6 Å². The number of hydrogen-bond donors (Lipinski definition) is 3. The summed E-state index contributed by atoms with van der Waals surface area (Å²) in [7, 11) is 0. The maximum Gasteiger partial charge on any atom is 0.321 e. The van der Waals surface area contributed by atoms with Gasteiger partial charge in [-0.3, -0.25) is 14.9 Å². The Morgan fingerprint density at radius 3 is 2.08 bits per heavy atom. The Bertz CT molecular complexity index is 742. The van der Waals surface area contributed by atoms with E-state index in [1.54, 1.807) is 46.9 Å². The number of nitrogens with one attached hydrogen (secondary N) is 2.